The standard InChI is InChI=1S/C13H16N2OS/c1-9-4-2-3-6-13(9,16)12-15-10-5-7-14-8-11(10)17-12/h5,7-9,16H,2-4,6H2,1H3. The second kappa shape index (κ2) is 4.03. The summed E-state index contributed by atoms with van der Waals surface area (Å²) in [6.07, 6.45) is 7.81. The van der Waals surface area contributed by atoms with Crippen LogP contribution >= 0.6 is 11.3 Å². The molecule has 0 saturated heterocycles. The van der Waals surface area contributed by atoms with Crippen LogP contribution in [0, 0.1) is 5.92 Å². The molecule has 2 atom stereocenters. The molecule has 1 aliphatic carbocycles. The molecule has 0 aromatic carbocycles. The van der Waals surface area contributed by atoms with Crippen molar-refractivity contribution in [3.8, 4) is 0 Å². The fraction of sp³-hybridized carbons (Fsp3) is 0.538. The quantitative estimate of drug-likeness (QED) is 0.843. The first-order valence-corrected chi connectivity index (χ1v) is 6.95. The topological polar surface area (TPSA) is 46.0 Å². The molecule has 4 heteroatoms. The zero-order valence-electron chi connectivity index (χ0n) is 9.89. The Bertz CT molecular complexity index is 506. The maximum Gasteiger partial charge on any atom is 0.126 e. The van der Waals surface area contributed by atoms with E-state index in [1.54, 1.807) is 17.5 Å². The van der Waals surface area contributed by atoms with Crippen molar-refractivity contribution in [2.75, 3.05) is 0 Å². The highest BCUT2D eigenvalue weighted by Crippen LogP contribution is 2.43. The third-order valence-electron chi connectivity index (χ3n) is 3.82. The normalized spacial score (nSPS) is 29.6. The van der Waals surface area contributed by atoms with E-state index in [1.165, 1.54) is 6.42 Å². The molecule has 2 unspecified atom stereocenters. The van der Waals surface area contributed by atoms with Crippen LogP contribution in [0.25, 0.3) is 10.2 Å². The number of pyridine rings is 1. The molecule has 3 nitrogen and oxygen atoms in total. The van der Waals surface area contributed by atoms with Crippen molar-refractivity contribution in [3.63, 3.8) is 0 Å². The molecular formula is C13H16N2OS. The van der Waals surface area contributed by atoms with Crippen LogP contribution in [0.1, 0.15) is 37.6 Å². The predicted octanol–water partition coefficient (Wildman–Crippen LogP) is 3.09. The average molecular weight is 248 g/mol. The largest absolute Gasteiger partial charge is 0.382 e. The molecule has 17 heavy (non-hydrogen) atoms. The fourth-order valence-corrected chi connectivity index (χ4v) is 3.78. The first-order valence-electron chi connectivity index (χ1n) is 6.13. The smallest absolute Gasteiger partial charge is 0.126 e. The molecule has 0 amide bonds. The third-order valence-corrected chi connectivity index (χ3v) is 4.99. The van der Waals surface area contributed by atoms with E-state index in [4.69, 9.17) is 0 Å². The molecule has 3 rings (SSSR count). The Kier molecular flexibility index (Phi) is 2.64. The van der Waals surface area contributed by atoms with Crippen LogP contribution in [-0.2, 0) is 5.60 Å². The van der Waals surface area contributed by atoms with Crippen LogP contribution in [0.15, 0.2) is 18.5 Å². The Hall–Kier alpha value is -1.000. The monoisotopic (exact) mass is 248 g/mol. The van der Waals surface area contributed by atoms with E-state index in [1.807, 2.05) is 12.3 Å². The van der Waals surface area contributed by atoms with Gasteiger partial charge in [-0.25, -0.2) is 4.98 Å². The van der Waals surface area contributed by atoms with Gasteiger partial charge in [0.15, 0.2) is 0 Å². The molecule has 2 aromatic heterocycles. The van der Waals surface area contributed by atoms with Gasteiger partial charge in [0.05, 0.1) is 10.2 Å². The molecular weight excluding hydrogens is 232 g/mol. The lowest BCUT2D eigenvalue weighted by Crippen LogP contribution is -2.36. The summed E-state index contributed by atoms with van der Waals surface area (Å²) in [5.74, 6) is 0.296. The molecule has 0 radical (unpaired) electrons. The Morgan fingerprint density at radius 2 is 2.35 bits per heavy atom. The van der Waals surface area contributed by atoms with Crippen molar-refractivity contribution in [1.29, 1.82) is 0 Å². The highest BCUT2D eigenvalue weighted by molar-refractivity contribution is 7.18. The van der Waals surface area contributed by atoms with Crippen molar-refractivity contribution in [3.05, 3.63) is 23.5 Å². The number of aromatic nitrogens is 2. The van der Waals surface area contributed by atoms with Crippen LogP contribution in [-0.4, -0.2) is 15.1 Å². The molecule has 1 fully saturated rings. The molecule has 2 heterocycles. The van der Waals surface area contributed by atoms with Gasteiger partial charge in [-0.2, -0.15) is 0 Å². The molecule has 0 aliphatic heterocycles. The second-order valence-electron chi connectivity index (χ2n) is 4.93. The SMILES string of the molecule is CC1CCCCC1(O)c1nc2ccncc2s1. The maximum atomic E-state index is 10.8. The number of nitrogens with zero attached hydrogens (tertiary/aromatic N) is 2. The van der Waals surface area contributed by atoms with Crippen LogP contribution in [0.5, 0.6) is 0 Å². The first-order chi connectivity index (χ1) is 8.20. The zero-order chi connectivity index (χ0) is 11.9. The van der Waals surface area contributed by atoms with Gasteiger partial charge in [0.2, 0.25) is 0 Å². The molecule has 1 N–H and O–H groups in total. The van der Waals surface area contributed by atoms with Gasteiger partial charge in [0.25, 0.3) is 0 Å². The summed E-state index contributed by atoms with van der Waals surface area (Å²) in [4.78, 5) is 8.69. The van der Waals surface area contributed by atoms with Crippen molar-refractivity contribution in [2.45, 2.75) is 38.2 Å². The van der Waals surface area contributed by atoms with Gasteiger partial charge >= 0.3 is 0 Å². The first kappa shape index (κ1) is 11.1. The van der Waals surface area contributed by atoms with Gasteiger partial charge in [-0.3, -0.25) is 4.98 Å². The number of aliphatic hydroxyl groups is 1. The number of hydrogen-bond donors (Lipinski definition) is 1. The van der Waals surface area contributed by atoms with Crippen molar-refractivity contribution < 1.29 is 5.11 Å². The number of thiazole rings is 1. The maximum absolute atomic E-state index is 10.8. The summed E-state index contributed by atoms with van der Waals surface area (Å²) < 4.78 is 1.06. The lowest BCUT2D eigenvalue weighted by molar-refractivity contribution is -0.0469. The third kappa shape index (κ3) is 1.76. The lowest BCUT2D eigenvalue weighted by Gasteiger charge is -2.36. The van der Waals surface area contributed by atoms with Crippen LogP contribution in [0.3, 0.4) is 0 Å². The van der Waals surface area contributed by atoms with Gasteiger partial charge in [0, 0.05) is 12.4 Å². The molecule has 0 spiro atoms. The van der Waals surface area contributed by atoms with Crippen LogP contribution in [0.2, 0.25) is 0 Å². The van der Waals surface area contributed by atoms with E-state index in [2.05, 4.69) is 16.9 Å². The Morgan fingerprint density at radius 3 is 3.12 bits per heavy atom. The summed E-state index contributed by atoms with van der Waals surface area (Å²) in [5, 5.41) is 11.7. The van der Waals surface area contributed by atoms with Gasteiger partial charge in [-0.1, -0.05) is 19.8 Å². The minimum absolute atomic E-state index is 0.296. The molecule has 2 aromatic rings. The average Bonchev–Trinajstić information content (AvgIpc) is 2.77. The highest BCUT2D eigenvalue weighted by atomic mass is 32.1. The zero-order valence-corrected chi connectivity index (χ0v) is 10.7. The van der Waals surface area contributed by atoms with Crippen molar-refractivity contribution >= 4 is 21.6 Å². The molecule has 1 aliphatic rings. The predicted molar refractivity (Wildman–Crippen MR) is 68.9 cm³/mol. The Balaban J connectivity index is 2.07. The fourth-order valence-electron chi connectivity index (χ4n) is 2.61. The Morgan fingerprint density at radius 1 is 1.47 bits per heavy atom. The second-order valence-corrected chi connectivity index (χ2v) is 5.96. The number of rotatable bonds is 1. The summed E-state index contributed by atoms with van der Waals surface area (Å²) in [5.41, 5.74) is 0.230. The van der Waals surface area contributed by atoms with Crippen molar-refractivity contribution in [2.24, 2.45) is 5.92 Å². The molecule has 90 valence electrons. The van der Waals surface area contributed by atoms with E-state index in [9.17, 15) is 5.11 Å². The van der Waals surface area contributed by atoms with E-state index >= 15 is 0 Å². The van der Waals surface area contributed by atoms with Gasteiger partial charge in [-0.15, -0.1) is 11.3 Å². The molecule has 1 saturated carbocycles. The van der Waals surface area contributed by atoms with Crippen LogP contribution < -0.4 is 0 Å². The lowest BCUT2D eigenvalue weighted by atomic mass is 9.77. The summed E-state index contributed by atoms with van der Waals surface area (Å²) in [7, 11) is 0. The van der Waals surface area contributed by atoms with Crippen molar-refractivity contribution in [1.82, 2.24) is 9.97 Å². The summed E-state index contributed by atoms with van der Waals surface area (Å²) in [6, 6.07) is 1.91. The number of fused-ring (bicyclic) bond motifs is 1. The van der Waals surface area contributed by atoms with Gasteiger partial charge in [0.1, 0.15) is 10.6 Å². The Labute approximate surface area is 105 Å². The summed E-state index contributed by atoms with van der Waals surface area (Å²) >= 11 is 1.58. The van der Waals surface area contributed by atoms with Gasteiger partial charge in [-0.05, 0) is 24.8 Å². The van der Waals surface area contributed by atoms with Crippen LogP contribution in [0.4, 0.5) is 0 Å². The van der Waals surface area contributed by atoms with E-state index in [0.717, 1.165) is 34.5 Å². The van der Waals surface area contributed by atoms with Gasteiger partial charge < -0.3 is 5.11 Å². The highest BCUT2D eigenvalue weighted by Gasteiger charge is 2.40. The number of hydrogen-bond acceptors (Lipinski definition) is 4. The van der Waals surface area contributed by atoms with E-state index in [-0.39, 0.29) is 0 Å². The molecule has 0 bridgehead atoms. The minimum Gasteiger partial charge on any atom is -0.382 e. The minimum atomic E-state index is -0.720. The van der Waals surface area contributed by atoms with E-state index in [0.29, 0.717) is 5.92 Å². The van der Waals surface area contributed by atoms with E-state index < -0.39 is 5.60 Å². The summed E-state index contributed by atoms with van der Waals surface area (Å²) in [6.45, 7) is 2.13.